The number of rotatable bonds is 2. The lowest BCUT2D eigenvalue weighted by atomic mass is 9.79. The molecule has 144 valence electrons. The van der Waals surface area contributed by atoms with Gasteiger partial charge in [-0.3, -0.25) is 5.73 Å². The zero-order valence-corrected chi connectivity index (χ0v) is 15.9. The fraction of sp³-hybridized carbons (Fsp3) is 0.381. The van der Waals surface area contributed by atoms with Crippen molar-refractivity contribution < 1.29 is 13.6 Å². The Morgan fingerprint density at radius 2 is 1.85 bits per heavy atom. The molecule has 0 bridgehead atoms. The van der Waals surface area contributed by atoms with Gasteiger partial charge < -0.3 is 10.2 Å². The van der Waals surface area contributed by atoms with E-state index in [9.17, 15) is 13.6 Å². The summed E-state index contributed by atoms with van der Waals surface area (Å²) in [4.78, 5) is 14.5. The molecule has 3 rings (SSSR count). The van der Waals surface area contributed by atoms with E-state index in [4.69, 9.17) is 5.73 Å². The van der Waals surface area contributed by atoms with E-state index < -0.39 is 6.05 Å². The summed E-state index contributed by atoms with van der Waals surface area (Å²) < 4.78 is 26.2. The standard InChI is InChI=1S/C21H25F2N3O/c1-14-4-9-18-15(12-14)13-26(11-10-20(18,2)3)19(27)25-17-7-5-16(6-8-17)21(22,23)24/h4-9,12H,10-11,13,24H2,1-3H3,(H,25,27). The first-order chi connectivity index (χ1) is 12.6. The van der Waals surface area contributed by atoms with Gasteiger partial charge >= 0.3 is 12.1 Å². The highest BCUT2D eigenvalue weighted by molar-refractivity contribution is 5.89. The third-order valence-corrected chi connectivity index (χ3v) is 5.17. The molecule has 0 aliphatic carbocycles. The van der Waals surface area contributed by atoms with Crippen molar-refractivity contribution in [3.05, 3.63) is 64.7 Å². The maximum absolute atomic E-state index is 13.1. The highest BCUT2D eigenvalue weighted by Gasteiger charge is 2.30. The van der Waals surface area contributed by atoms with Crippen LogP contribution in [0, 0.1) is 6.92 Å². The van der Waals surface area contributed by atoms with Gasteiger partial charge in [0, 0.05) is 24.3 Å². The summed E-state index contributed by atoms with van der Waals surface area (Å²) >= 11 is 0. The van der Waals surface area contributed by atoms with Crippen molar-refractivity contribution in [1.82, 2.24) is 4.90 Å². The number of carbonyl (C=O) groups excluding carboxylic acids is 1. The fourth-order valence-corrected chi connectivity index (χ4v) is 3.50. The van der Waals surface area contributed by atoms with Gasteiger partial charge in [0.15, 0.2) is 0 Å². The van der Waals surface area contributed by atoms with E-state index in [1.54, 1.807) is 4.90 Å². The van der Waals surface area contributed by atoms with Crippen LogP contribution in [0.15, 0.2) is 42.5 Å². The minimum absolute atomic E-state index is 0.0214. The smallest absolute Gasteiger partial charge is 0.320 e. The number of benzene rings is 2. The van der Waals surface area contributed by atoms with Crippen LogP contribution in [0.25, 0.3) is 0 Å². The van der Waals surface area contributed by atoms with Gasteiger partial charge in [-0.2, -0.15) is 8.78 Å². The summed E-state index contributed by atoms with van der Waals surface area (Å²) in [5.74, 6) is 0. The predicted molar refractivity (Wildman–Crippen MR) is 103 cm³/mol. The van der Waals surface area contributed by atoms with Crippen LogP contribution in [0.3, 0.4) is 0 Å². The van der Waals surface area contributed by atoms with Crippen LogP contribution >= 0.6 is 0 Å². The molecule has 3 N–H and O–H groups in total. The van der Waals surface area contributed by atoms with Crippen LogP contribution in [0.4, 0.5) is 19.3 Å². The van der Waals surface area contributed by atoms with Crippen molar-refractivity contribution in [2.75, 3.05) is 11.9 Å². The molecule has 6 heteroatoms. The zero-order valence-electron chi connectivity index (χ0n) is 15.9. The molecule has 0 fully saturated rings. The third-order valence-electron chi connectivity index (χ3n) is 5.17. The van der Waals surface area contributed by atoms with Gasteiger partial charge in [-0.05, 0) is 54.2 Å². The van der Waals surface area contributed by atoms with E-state index in [1.807, 2.05) is 6.92 Å². The molecule has 2 aromatic carbocycles. The molecular formula is C21H25F2N3O. The molecule has 2 aromatic rings. The summed E-state index contributed by atoms with van der Waals surface area (Å²) in [5, 5.41) is 2.79. The topological polar surface area (TPSA) is 58.4 Å². The molecule has 0 aromatic heterocycles. The largest absolute Gasteiger partial charge is 0.326 e. The van der Waals surface area contributed by atoms with Gasteiger partial charge in [-0.15, -0.1) is 0 Å². The molecule has 0 saturated heterocycles. The molecule has 0 spiro atoms. The Hall–Kier alpha value is -2.47. The minimum Gasteiger partial charge on any atom is -0.320 e. The molecule has 0 radical (unpaired) electrons. The van der Waals surface area contributed by atoms with Crippen LogP contribution in [-0.2, 0) is 18.0 Å². The second-order valence-corrected chi connectivity index (χ2v) is 7.85. The quantitative estimate of drug-likeness (QED) is 0.749. The Bertz CT molecular complexity index is 841. The molecule has 0 saturated carbocycles. The van der Waals surface area contributed by atoms with E-state index in [-0.39, 0.29) is 17.0 Å². The average molecular weight is 373 g/mol. The maximum Gasteiger partial charge on any atom is 0.326 e. The molecule has 0 unspecified atom stereocenters. The predicted octanol–water partition coefficient (Wildman–Crippen LogP) is 4.72. The molecule has 2 amide bonds. The number of nitrogens with zero attached hydrogens (tertiary/aromatic N) is 1. The number of amides is 2. The fourth-order valence-electron chi connectivity index (χ4n) is 3.50. The monoisotopic (exact) mass is 373 g/mol. The first-order valence-electron chi connectivity index (χ1n) is 8.99. The van der Waals surface area contributed by atoms with Crippen LogP contribution in [-0.4, -0.2) is 17.5 Å². The lowest BCUT2D eigenvalue weighted by Crippen LogP contribution is -2.35. The van der Waals surface area contributed by atoms with E-state index in [0.717, 1.165) is 17.5 Å². The number of nitrogens with two attached hydrogens (primary N) is 1. The van der Waals surface area contributed by atoms with Crippen LogP contribution in [0.1, 0.15) is 42.5 Å². The number of fused-ring (bicyclic) bond motifs is 1. The van der Waals surface area contributed by atoms with Crippen molar-refractivity contribution >= 4 is 11.7 Å². The van der Waals surface area contributed by atoms with Crippen molar-refractivity contribution in [3.8, 4) is 0 Å². The van der Waals surface area contributed by atoms with E-state index in [1.165, 1.54) is 29.8 Å². The molecule has 1 aliphatic rings. The highest BCUT2D eigenvalue weighted by atomic mass is 19.3. The van der Waals surface area contributed by atoms with E-state index in [0.29, 0.717) is 18.8 Å². The summed E-state index contributed by atoms with van der Waals surface area (Å²) in [5.41, 5.74) is 8.51. The van der Waals surface area contributed by atoms with Crippen LogP contribution in [0.2, 0.25) is 0 Å². The first kappa shape index (κ1) is 19.3. The van der Waals surface area contributed by atoms with Crippen molar-refractivity contribution in [3.63, 3.8) is 0 Å². The molecule has 1 heterocycles. The molecule has 1 aliphatic heterocycles. The number of alkyl halides is 2. The van der Waals surface area contributed by atoms with Gasteiger partial charge in [0.1, 0.15) is 0 Å². The number of hydrogen-bond donors (Lipinski definition) is 2. The summed E-state index contributed by atoms with van der Waals surface area (Å²) in [6.07, 6.45) is 0.842. The van der Waals surface area contributed by atoms with Crippen molar-refractivity contribution in [2.24, 2.45) is 5.73 Å². The highest BCUT2D eigenvalue weighted by Crippen LogP contribution is 2.34. The number of urea groups is 1. The van der Waals surface area contributed by atoms with Crippen molar-refractivity contribution in [1.29, 1.82) is 0 Å². The minimum atomic E-state index is -3.39. The average Bonchev–Trinajstić information content (AvgIpc) is 2.70. The molecule has 27 heavy (non-hydrogen) atoms. The summed E-state index contributed by atoms with van der Waals surface area (Å²) in [7, 11) is 0. The Balaban J connectivity index is 1.77. The van der Waals surface area contributed by atoms with Gasteiger partial charge in [-0.1, -0.05) is 37.6 Å². The van der Waals surface area contributed by atoms with E-state index in [2.05, 4.69) is 37.4 Å². The van der Waals surface area contributed by atoms with Gasteiger partial charge in [-0.25, -0.2) is 4.79 Å². The molecule has 0 atom stereocenters. The lowest BCUT2D eigenvalue weighted by Gasteiger charge is -2.25. The van der Waals surface area contributed by atoms with Crippen molar-refractivity contribution in [2.45, 2.75) is 45.2 Å². The number of carbonyl (C=O) groups is 1. The number of anilines is 1. The van der Waals surface area contributed by atoms with E-state index >= 15 is 0 Å². The van der Waals surface area contributed by atoms with Gasteiger partial charge in [0.2, 0.25) is 0 Å². The number of aryl methyl sites for hydroxylation is 1. The Morgan fingerprint density at radius 3 is 2.48 bits per heavy atom. The Kier molecular flexibility index (Phi) is 4.95. The molecule has 4 nitrogen and oxygen atoms in total. The van der Waals surface area contributed by atoms with Crippen LogP contribution in [0.5, 0.6) is 0 Å². The second kappa shape index (κ2) is 6.93. The Morgan fingerprint density at radius 1 is 1.19 bits per heavy atom. The normalized spacial score (nSPS) is 16.4. The van der Waals surface area contributed by atoms with Gasteiger partial charge in [0.05, 0.1) is 0 Å². The maximum atomic E-state index is 13.1. The number of nitrogens with one attached hydrogen (secondary N) is 1. The number of halogens is 2. The molecular weight excluding hydrogens is 348 g/mol. The van der Waals surface area contributed by atoms with Crippen LogP contribution < -0.4 is 11.1 Å². The Labute approximate surface area is 158 Å². The lowest BCUT2D eigenvalue weighted by molar-refractivity contribution is 0.00300. The SMILES string of the molecule is Cc1ccc2c(c1)CN(C(=O)Nc1ccc(C(N)(F)F)cc1)CCC2(C)C. The second-order valence-electron chi connectivity index (χ2n) is 7.85. The van der Waals surface area contributed by atoms with Gasteiger partial charge in [0.25, 0.3) is 0 Å². The zero-order chi connectivity index (χ0) is 19.8. The summed E-state index contributed by atoms with van der Waals surface area (Å²) in [6, 6.07) is 8.07. The number of hydrogen-bond acceptors (Lipinski definition) is 2. The third kappa shape index (κ3) is 4.27. The first-order valence-corrected chi connectivity index (χ1v) is 8.99. The summed E-state index contributed by atoms with van der Waals surface area (Å²) in [6.45, 7) is 7.55.